The number of anilines is 2. The van der Waals surface area contributed by atoms with Gasteiger partial charge in [-0.1, -0.05) is 108 Å². The lowest BCUT2D eigenvalue weighted by molar-refractivity contribution is 0.143. The second-order valence-corrected chi connectivity index (χ2v) is 12.0. The molecule has 0 amide bonds. The zero-order valence-corrected chi connectivity index (χ0v) is 22.5. The monoisotopic (exact) mass is 509 g/mol. The lowest BCUT2D eigenvalue weighted by Gasteiger charge is -2.63. The molecule has 4 aromatic rings. The van der Waals surface area contributed by atoms with E-state index < -0.39 is 0 Å². The Morgan fingerprint density at radius 1 is 0.718 bits per heavy atom. The summed E-state index contributed by atoms with van der Waals surface area (Å²) < 4.78 is 0. The number of hydrogen-bond donors (Lipinski definition) is 2. The molecule has 4 aromatic carbocycles. The predicted octanol–water partition coefficient (Wildman–Crippen LogP) is 4.85. The molecule has 4 aliphatic heterocycles. The number of para-hydroxylation sites is 2. The van der Waals surface area contributed by atoms with Gasteiger partial charge in [-0.2, -0.15) is 0 Å². The average Bonchev–Trinajstić information content (AvgIpc) is 3.02. The Morgan fingerprint density at radius 3 is 2.28 bits per heavy atom. The molecule has 5 atom stereocenters. The van der Waals surface area contributed by atoms with Crippen LogP contribution in [0.5, 0.6) is 0 Å². The predicted molar refractivity (Wildman–Crippen MR) is 163 cm³/mol. The fourth-order valence-electron chi connectivity index (χ4n) is 9.09. The molecule has 2 saturated heterocycles. The molecule has 0 bridgehead atoms. The van der Waals surface area contributed by atoms with Crippen molar-refractivity contribution in [3.8, 4) is 0 Å². The molecule has 0 saturated carbocycles. The van der Waals surface area contributed by atoms with E-state index in [0.717, 1.165) is 26.1 Å². The van der Waals surface area contributed by atoms with Crippen LogP contribution >= 0.6 is 0 Å². The van der Waals surface area contributed by atoms with Gasteiger partial charge in [0.1, 0.15) is 0 Å². The maximum absolute atomic E-state index is 4.20. The zero-order chi connectivity index (χ0) is 25.8. The molecule has 2 N–H and O–H groups in total. The first kappa shape index (κ1) is 23.5. The highest BCUT2D eigenvalue weighted by molar-refractivity contribution is 6.87. The van der Waals surface area contributed by atoms with E-state index in [9.17, 15) is 0 Å². The van der Waals surface area contributed by atoms with E-state index in [2.05, 4.69) is 125 Å². The van der Waals surface area contributed by atoms with Gasteiger partial charge in [0.25, 0.3) is 0 Å². The van der Waals surface area contributed by atoms with Gasteiger partial charge in [0.2, 0.25) is 6.71 Å². The molecule has 0 aliphatic carbocycles. The van der Waals surface area contributed by atoms with E-state index in [-0.39, 0.29) is 5.41 Å². The molecule has 194 valence electrons. The van der Waals surface area contributed by atoms with Gasteiger partial charge in [0, 0.05) is 41.3 Å². The highest BCUT2D eigenvalue weighted by Crippen LogP contribution is 2.59. The highest BCUT2D eigenvalue weighted by atomic mass is 15.2. The fraction of sp³-hybridized carbons (Fsp3) is 0.314. The minimum absolute atomic E-state index is 0.0904. The maximum Gasteiger partial charge on any atom is 0.214 e. The molecular formula is C35H36BN3. The van der Waals surface area contributed by atoms with Gasteiger partial charge in [-0.3, -0.25) is 0 Å². The number of nitrogens with one attached hydrogen (secondary N) is 2. The third-order valence-electron chi connectivity index (χ3n) is 10.3. The summed E-state index contributed by atoms with van der Waals surface area (Å²) in [7, 11) is 0. The van der Waals surface area contributed by atoms with Gasteiger partial charge in [-0.05, 0) is 61.1 Å². The van der Waals surface area contributed by atoms with Gasteiger partial charge in [-0.15, -0.1) is 0 Å². The Bertz CT molecular complexity index is 1360. The van der Waals surface area contributed by atoms with Crippen molar-refractivity contribution in [3.05, 3.63) is 120 Å². The molecule has 5 unspecified atom stereocenters. The van der Waals surface area contributed by atoms with Crippen LogP contribution in [0.1, 0.15) is 30.4 Å². The third kappa shape index (κ3) is 3.38. The van der Waals surface area contributed by atoms with Gasteiger partial charge < -0.3 is 15.5 Å². The van der Waals surface area contributed by atoms with E-state index in [0.29, 0.717) is 30.5 Å². The van der Waals surface area contributed by atoms with Crippen molar-refractivity contribution in [2.45, 2.75) is 42.6 Å². The number of hydrogen-bond acceptors (Lipinski definition) is 3. The molecule has 1 spiro atoms. The normalized spacial score (nSPS) is 29.2. The second-order valence-electron chi connectivity index (χ2n) is 12.0. The molecule has 0 radical (unpaired) electrons. The van der Waals surface area contributed by atoms with Gasteiger partial charge in [0.05, 0.1) is 0 Å². The van der Waals surface area contributed by atoms with Crippen LogP contribution in [0.15, 0.2) is 109 Å². The SMILES string of the molecule is c1ccc(B2c3ccccc3C3(c4ccccc4N(c4ccccc4)C4CCNCC43)C3NCCCC23)cc1. The lowest BCUT2D eigenvalue weighted by Crippen LogP contribution is -2.74. The Hall–Kier alpha value is -3.34. The summed E-state index contributed by atoms with van der Waals surface area (Å²) in [5, 5.41) is 8.08. The Kier molecular flexibility index (Phi) is 5.67. The van der Waals surface area contributed by atoms with Crippen molar-refractivity contribution in [3.63, 3.8) is 0 Å². The van der Waals surface area contributed by atoms with Crippen molar-refractivity contribution in [2.24, 2.45) is 5.92 Å². The summed E-state index contributed by atoms with van der Waals surface area (Å²) in [5.74, 6) is 1.01. The van der Waals surface area contributed by atoms with Crippen LogP contribution in [0.4, 0.5) is 11.4 Å². The minimum atomic E-state index is -0.0904. The third-order valence-corrected chi connectivity index (χ3v) is 10.3. The van der Waals surface area contributed by atoms with Crippen molar-refractivity contribution in [1.29, 1.82) is 0 Å². The molecule has 2 fully saturated rings. The van der Waals surface area contributed by atoms with Crippen LogP contribution in [-0.2, 0) is 5.41 Å². The van der Waals surface area contributed by atoms with Crippen molar-refractivity contribution in [2.75, 3.05) is 24.5 Å². The molecule has 4 heterocycles. The largest absolute Gasteiger partial charge is 0.338 e. The zero-order valence-electron chi connectivity index (χ0n) is 22.5. The van der Waals surface area contributed by atoms with Crippen LogP contribution < -0.4 is 26.5 Å². The molecule has 3 nitrogen and oxygen atoms in total. The van der Waals surface area contributed by atoms with Crippen LogP contribution in [0.25, 0.3) is 0 Å². The van der Waals surface area contributed by atoms with Gasteiger partial charge in [-0.25, -0.2) is 0 Å². The first-order valence-electron chi connectivity index (χ1n) is 14.9. The van der Waals surface area contributed by atoms with Crippen LogP contribution in [0.3, 0.4) is 0 Å². The smallest absolute Gasteiger partial charge is 0.214 e. The number of fused-ring (bicyclic) bond motifs is 8. The van der Waals surface area contributed by atoms with Crippen LogP contribution in [0, 0.1) is 5.92 Å². The minimum Gasteiger partial charge on any atom is -0.338 e. The number of rotatable bonds is 2. The Balaban J connectivity index is 1.44. The summed E-state index contributed by atoms with van der Waals surface area (Å²) in [6.45, 7) is 3.62. The molecule has 8 rings (SSSR count). The van der Waals surface area contributed by atoms with Crippen molar-refractivity contribution in [1.82, 2.24) is 10.6 Å². The highest BCUT2D eigenvalue weighted by Gasteiger charge is 2.63. The summed E-state index contributed by atoms with van der Waals surface area (Å²) in [6.07, 6.45) is 3.66. The van der Waals surface area contributed by atoms with E-state index in [1.165, 1.54) is 35.2 Å². The molecular weight excluding hydrogens is 473 g/mol. The summed E-state index contributed by atoms with van der Waals surface area (Å²) in [4.78, 5) is 2.69. The molecule has 4 heteroatoms. The summed E-state index contributed by atoms with van der Waals surface area (Å²) >= 11 is 0. The number of benzene rings is 4. The standard InChI is InChI=1S/C35H36BN3/c1-3-12-25(13-4-1)36-30-18-9-7-16-27(30)35(34-31(36)19-11-22-38-34)28-17-8-10-20-32(28)39(26-14-5-2-6-15-26)33-21-23-37-24-29(33)35/h1-10,12-18,20,29,31,33-34,37-38H,11,19,21-24H2. The quantitative estimate of drug-likeness (QED) is 0.379. The van der Waals surface area contributed by atoms with Crippen molar-refractivity contribution >= 4 is 29.0 Å². The van der Waals surface area contributed by atoms with Crippen LogP contribution in [-0.4, -0.2) is 38.4 Å². The van der Waals surface area contributed by atoms with E-state index >= 15 is 0 Å². The van der Waals surface area contributed by atoms with Crippen molar-refractivity contribution < 1.29 is 0 Å². The Morgan fingerprint density at radius 2 is 1.44 bits per heavy atom. The first-order valence-corrected chi connectivity index (χ1v) is 14.9. The molecule has 4 aliphatic rings. The number of nitrogens with zero attached hydrogens (tertiary/aromatic N) is 1. The maximum atomic E-state index is 4.20. The second kappa shape index (κ2) is 9.40. The topological polar surface area (TPSA) is 27.3 Å². The van der Waals surface area contributed by atoms with Gasteiger partial charge in [0.15, 0.2) is 0 Å². The summed E-state index contributed by atoms with van der Waals surface area (Å²) in [5.41, 5.74) is 8.68. The van der Waals surface area contributed by atoms with E-state index in [1.54, 1.807) is 11.0 Å². The van der Waals surface area contributed by atoms with Gasteiger partial charge >= 0.3 is 0 Å². The Labute approximate surface area is 232 Å². The average molecular weight is 510 g/mol. The molecule has 0 aromatic heterocycles. The molecule has 39 heavy (non-hydrogen) atoms. The van der Waals surface area contributed by atoms with Crippen LogP contribution in [0.2, 0.25) is 5.82 Å². The summed E-state index contributed by atoms with van der Waals surface area (Å²) in [6, 6.07) is 42.2. The first-order chi connectivity index (χ1) is 19.4. The fourth-order valence-corrected chi connectivity index (χ4v) is 9.09. The van der Waals surface area contributed by atoms with E-state index in [4.69, 9.17) is 0 Å². The number of piperidine rings is 2. The lowest BCUT2D eigenvalue weighted by atomic mass is 9.25. The van der Waals surface area contributed by atoms with E-state index in [1.807, 2.05) is 0 Å².